The molecule has 6 heteroatoms. The average molecular weight is 202 g/mol. The second-order valence-corrected chi connectivity index (χ2v) is 2.41. The van der Waals surface area contributed by atoms with Crippen LogP contribution in [-0.2, 0) is 4.74 Å². The topological polar surface area (TPSA) is 61.4 Å². The molecule has 0 fully saturated rings. The van der Waals surface area contributed by atoms with Crippen molar-refractivity contribution in [3.05, 3.63) is 34.5 Å². The van der Waals surface area contributed by atoms with Crippen LogP contribution in [-0.4, -0.2) is 13.1 Å². The van der Waals surface area contributed by atoms with Crippen LogP contribution in [0.5, 0.6) is 0 Å². The predicted molar refractivity (Wildman–Crippen MR) is 44.7 cm³/mol. The number of esters is 1. The summed E-state index contributed by atoms with van der Waals surface area (Å²) in [4.78, 5) is 10.9. The first kappa shape index (κ1) is 10.4. The van der Waals surface area contributed by atoms with Gasteiger partial charge in [0.05, 0.1) is 18.4 Å². The molecule has 0 amide bonds. The summed E-state index contributed by atoms with van der Waals surface area (Å²) in [7, 11) is 1.05. The van der Waals surface area contributed by atoms with Gasteiger partial charge >= 0.3 is 5.97 Å². The zero-order valence-electron chi connectivity index (χ0n) is 7.14. The number of carbonyl (C=O) groups excluding carboxylic acids is 1. The van der Waals surface area contributed by atoms with E-state index in [1.165, 1.54) is 5.48 Å². The lowest BCUT2D eigenvalue weighted by Crippen LogP contribution is -2.06. The van der Waals surface area contributed by atoms with Crippen LogP contribution in [0.1, 0.15) is 10.4 Å². The normalized spacial score (nSPS) is 9.71. The van der Waals surface area contributed by atoms with Gasteiger partial charge in [-0.1, -0.05) is 0 Å². The molecule has 0 aliphatic heterocycles. The highest BCUT2D eigenvalue weighted by Crippen LogP contribution is 2.19. The number of carbonyl (C=O) groups is 1. The van der Waals surface area contributed by atoms with Gasteiger partial charge in [-0.3, -0.25) is 0 Å². The van der Waals surface area contributed by atoms with E-state index in [2.05, 4.69) is 4.74 Å². The van der Waals surface area contributed by atoms with Crippen molar-refractivity contribution in [3.8, 4) is 0 Å². The fraction of sp³-hybridized carbons (Fsp3) is 0.125. The molecule has 0 spiro atoms. The summed E-state index contributed by atoms with van der Waals surface area (Å²) < 4.78 is 29.9. The lowest BCUT2D eigenvalue weighted by molar-refractivity contribution is 0.0595. The van der Waals surface area contributed by atoms with E-state index in [0.29, 0.717) is 6.07 Å². The van der Waals surface area contributed by atoms with E-state index in [1.54, 1.807) is 0 Å². The van der Waals surface area contributed by atoms with Crippen LogP contribution in [0.4, 0.5) is 14.5 Å². The number of ether oxygens (including phenoxy) is 1. The van der Waals surface area contributed by atoms with Crippen LogP contribution in [0.3, 0.4) is 0 Å². The summed E-state index contributed by atoms with van der Waals surface area (Å²) in [6, 6.07) is 1.19. The van der Waals surface area contributed by atoms with E-state index < -0.39 is 28.9 Å². The minimum absolute atomic E-state index is 0.437. The Labute approximate surface area is 78.1 Å². The molecule has 0 aliphatic rings. The predicted octanol–water partition coefficient (Wildman–Crippen LogP) is 1.66. The molecule has 4 nitrogen and oxygen atoms in total. The van der Waals surface area contributed by atoms with Crippen LogP contribution < -0.4 is 5.48 Å². The summed E-state index contributed by atoms with van der Waals surface area (Å²) in [6.45, 7) is 0. The number of anilines is 1. The number of hydrogen-bond acceptors (Lipinski definition) is 4. The molecule has 1 aromatic rings. The number of hydrogen-bond donors (Lipinski definition) is 1. The molecule has 0 radical (unpaired) electrons. The van der Waals surface area contributed by atoms with E-state index in [1.807, 2.05) is 0 Å². The smallest absolute Gasteiger partial charge is 0.340 e. The highest BCUT2D eigenvalue weighted by atomic mass is 19.1. The second kappa shape index (κ2) is 4.01. The highest BCUT2D eigenvalue weighted by Gasteiger charge is 2.15. The number of nitrogens with one attached hydrogen (secondary N) is 1. The SMILES string of the molecule is COC(=O)c1cc(N[O-])c(F)cc1F. The largest absolute Gasteiger partial charge is 0.761 e. The van der Waals surface area contributed by atoms with E-state index in [4.69, 9.17) is 0 Å². The van der Waals surface area contributed by atoms with Crippen LogP contribution in [0.15, 0.2) is 12.1 Å². The van der Waals surface area contributed by atoms with Crippen LogP contribution in [0, 0.1) is 16.8 Å². The van der Waals surface area contributed by atoms with Gasteiger partial charge in [0.1, 0.15) is 11.6 Å². The van der Waals surface area contributed by atoms with Crippen molar-refractivity contribution in [3.63, 3.8) is 0 Å². The molecule has 76 valence electrons. The van der Waals surface area contributed by atoms with Gasteiger partial charge in [0.25, 0.3) is 0 Å². The third-order valence-electron chi connectivity index (χ3n) is 1.57. The molecule has 0 bridgehead atoms. The van der Waals surface area contributed by atoms with Gasteiger partial charge < -0.3 is 15.4 Å². The molecule has 0 saturated heterocycles. The van der Waals surface area contributed by atoms with Gasteiger partial charge in [-0.05, 0) is 6.07 Å². The maximum Gasteiger partial charge on any atom is 0.340 e. The molecule has 1 aromatic carbocycles. The lowest BCUT2D eigenvalue weighted by atomic mass is 10.2. The Morgan fingerprint density at radius 1 is 1.43 bits per heavy atom. The quantitative estimate of drug-likeness (QED) is 0.585. The summed E-state index contributed by atoms with van der Waals surface area (Å²) in [5, 5.41) is 10.2. The lowest BCUT2D eigenvalue weighted by Gasteiger charge is -2.11. The van der Waals surface area contributed by atoms with E-state index in [9.17, 15) is 18.8 Å². The maximum absolute atomic E-state index is 12.9. The Bertz CT molecular complexity index is 368. The molecule has 14 heavy (non-hydrogen) atoms. The van der Waals surface area contributed by atoms with Gasteiger partial charge in [-0.25, -0.2) is 13.6 Å². The van der Waals surface area contributed by atoms with Crippen molar-refractivity contribution >= 4 is 11.7 Å². The van der Waals surface area contributed by atoms with Crippen molar-refractivity contribution < 1.29 is 18.3 Å². The molecule has 0 unspecified atom stereocenters. The number of halogens is 2. The van der Waals surface area contributed by atoms with Gasteiger partial charge in [-0.15, -0.1) is 0 Å². The molecular weight excluding hydrogens is 196 g/mol. The fourth-order valence-electron chi connectivity index (χ4n) is 0.894. The van der Waals surface area contributed by atoms with E-state index >= 15 is 0 Å². The summed E-state index contributed by atoms with van der Waals surface area (Å²) in [6.07, 6.45) is 0. The summed E-state index contributed by atoms with van der Waals surface area (Å²) in [5.41, 5.74) is 0.242. The third kappa shape index (κ3) is 1.80. The van der Waals surface area contributed by atoms with Crippen LogP contribution >= 0.6 is 0 Å². The highest BCUT2D eigenvalue weighted by molar-refractivity contribution is 5.90. The fourth-order valence-corrected chi connectivity index (χ4v) is 0.894. The van der Waals surface area contributed by atoms with Gasteiger partial charge in [0.2, 0.25) is 0 Å². The first-order valence-corrected chi connectivity index (χ1v) is 3.55. The summed E-state index contributed by atoms with van der Waals surface area (Å²) >= 11 is 0. The average Bonchev–Trinajstić information content (AvgIpc) is 2.17. The molecule has 1 N–H and O–H groups in total. The van der Waals surface area contributed by atoms with E-state index in [0.717, 1.165) is 13.2 Å². The minimum atomic E-state index is -1.08. The monoisotopic (exact) mass is 202 g/mol. The van der Waals surface area contributed by atoms with Crippen molar-refractivity contribution in [2.75, 3.05) is 12.6 Å². The van der Waals surface area contributed by atoms with Gasteiger partial charge in [0.15, 0.2) is 0 Å². The Balaban J connectivity index is 3.24. The summed E-state index contributed by atoms with van der Waals surface area (Å²) in [5.74, 6) is -3.11. The van der Waals surface area contributed by atoms with E-state index in [-0.39, 0.29) is 0 Å². The third-order valence-corrected chi connectivity index (χ3v) is 1.57. The molecule has 0 aromatic heterocycles. The second-order valence-electron chi connectivity index (χ2n) is 2.41. The molecule has 1 rings (SSSR count). The van der Waals surface area contributed by atoms with Crippen LogP contribution in [0.25, 0.3) is 0 Å². The molecule has 0 aliphatic carbocycles. The first-order valence-electron chi connectivity index (χ1n) is 3.55. The zero-order chi connectivity index (χ0) is 10.7. The van der Waals surface area contributed by atoms with Crippen molar-refractivity contribution in [2.24, 2.45) is 0 Å². The van der Waals surface area contributed by atoms with Crippen molar-refractivity contribution in [2.45, 2.75) is 0 Å². The Hall–Kier alpha value is -1.69. The number of benzene rings is 1. The van der Waals surface area contributed by atoms with Gasteiger partial charge in [0, 0.05) is 6.07 Å². The molecule has 0 atom stereocenters. The van der Waals surface area contributed by atoms with Crippen molar-refractivity contribution in [1.82, 2.24) is 0 Å². The zero-order valence-corrected chi connectivity index (χ0v) is 7.14. The molecular formula is C8H6F2NO3-. The van der Waals surface area contributed by atoms with Crippen molar-refractivity contribution in [1.29, 1.82) is 0 Å². The standard InChI is InChI=1S/C8H6F2NO3/c1-14-8(12)4-2-7(11-13)6(10)3-5(4)9/h2-3,11H,1H3/q-1. The van der Waals surface area contributed by atoms with Crippen LogP contribution in [0.2, 0.25) is 0 Å². The minimum Gasteiger partial charge on any atom is -0.761 e. The maximum atomic E-state index is 12.9. The Kier molecular flexibility index (Phi) is 2.98. The number of rotatable bonds is 2. The number of methoxy groups -OCH3 is 1. The van der Waals surface area contributed by atoms with Gasteiger partial charge in [-0.2, -0.15) is 0 Å². The molecule has 0 saturated carbocycles. The first-order chi connectivity index (χ1) is 6.60. The Morgan fingerprint density at radius 3 is 2.57 bits per heavy atom. The Morgan fingerprint density at radius 2 is 2.07 bits per heavy atom. The molecule has 0 heterocycles.